The Morgan fingerprint density at radius 3 is 2.69 bits per heavy atom. The van der Waals surface area contributed by atoms with Gasteiger partial charge >= 0.3 is 0 Å². The van der Waals surface area contributed by atoms with Gasteiger partial charge in [0, 0.05) is 23.7 Å². The highest BCUT2D eigenvalue weighted by atomic mass is 16.3. The molecule has 0 bridgehead atoms. The van der Waals surface area contributed by atoms with Crippen LogP contribution in [0.5, 0.6) is 0 Å². The zero-order valence-electron chi connectivity index (χ0n) is 18.4. The molecule has 7 atom stereocenters. The van der Waals surface area contributed by atoms with Crippen LogP contribution in [0.3, 0.4) is 0 Å². The van der Waals surface area contributed by atoms with Crippen molar-refractivity contribution in [3.8, 4) is 0 Å². The van der Waals surface area contributed by atoms with Gasteiger partial charge in [0.05, 0.1) is 12.3 Å². The number of rotatable bonds is 1. The molecular weight excluding hydrogens is 360 g/mol. The van der Waals surface area contributed by atoms with E-state index in [2.05, 4.69) is 31.9 Å². The van der Waals surface area contributed by atoms with E-state index in [1.807, 2.05) is 17.9 Å². The highest BCUT2D eigenvalue weighted by Gasteiger charge is 2.61. The van der Waals surface area contributed by atoms with Crippen molar-refractivity contribution < 1.29 is 9.90 Å². The summed E-state index contributed by atoms with van der Waals surface area (Å²) in [5, 5.41) is 14.6. The second-order valence-electron chi connectivity index (χ2n) is 11.1. The lowest BCUT2D eigenvalue weighted by Gasteiger charge is -2.59. The molecule has 29 heavy (non-hydrogen) atoms. The van der Waals surface area contributed by atoms with Crippen molar-refractivity contribution in [1.29, 1.82) is 0 Å². The summed E-state index contributed by atoms with van der Waals surface area (Å²) in [7, 11) is 1.96. The van der Waals surface area contributed by atoms with Crippen LogP contribution in [-0.4, -0.2) is 26.8 Å². The number of fused-ring (bicyclic) bond motifs is 5. The quantitative estimate of drug-likeness (QED) is 0.701. The van der Waals surface area contributed by atoms with Crippen LogP contribution >= 0.6 is 0 Å². The van der Waals surface area contributed by atoms with Crippen LogP contribution in [0, 0.1) is 41.4 Å². The molecule has 4 aliphatic rings. The van der Waals surface area contributed by atoms with Crippen LogP contribution in [0.4, 0.5) is 0 Å². The second-order valence-corrected chi connectivity index (χ2v) is 11.1. The van der Waals surface area contributed by atoms with Crippen molar-refractivity contribution in [2.24, 2.45) is 41.5 Å². The fraction of sp³-hybridized carbons (Fsp3) is 0.760. The number of hydrogen-bond acceptors (Lipinski definition) is 3. The monoisotopic (exact) mass is 396 g/mol. The van der Waals surface area contributed by atoms with E-state index < -0.39 is 0 Å². The summed E-state index contributed by atoms with van der Waals surface area (Å²) in [4.78, 5) is 13.5. The van der Waals surface area contributed by atoms with Gasteiger partial charge < -0.3 is 5.11 Å². The Hall–Kier alpha value is -1.42. The lowest BCUT2D eigenvalue weighted by molar-refractivity contribution is -0.141. The van der Waals surface area contributed by atoms with Gasteiger partial charge in [0.2, 0.25) is 0 Å². The van der Waals surface area contributed by atoms with Gasteiger partial charge in [-0.2, -0.15) is 5.10 Å². The Kier molecular flexibility index (Phi) is 4.40. The molecule has 4 aliphatic carbocycles. The fourth-order valence-electron chi connectivity index (χ4n) is 7.88. The molecule has 5 rings (SSSR count). The summed E-state index contributed by atoms with van der Waals surface area (Å²) in [5.74, 6) is 2.94. The van der Waals surface area contributed by atoms with Gasteiger partial charge in [-0.1, -0.05) is 13.8 Å². The number of aliphatic hydroxyl groups excluding tert-OH is 1. The first-order valence-electron chi connectivity index (χ1n) is 11.7. The van der Waals surface area contributed by atoms with Crippen molar-refractivity contribution in [2.75, 3.05) is 0 Å². The predicted molar refractivity (Wildman–Crippen MR) is 114 cm³/mol. The van der Waals surface area contributed by atoms with Crippen LogP contribution in [0.2, 0.25) is 0 Å². The second kappa shape index (κ2) is 6.54. The van der Waals surface area contributed by atoms with E-state index in [0.717, 1.165) is 54.9 Å². The first-order chi connectivity index (χ1) is 13.7. The zero-order chi connectivity index (χ0) is 20.6. The number of carbonyl (C=O) groups excluding carboxylic acids is 1. The molecule has 4 nitrogen and oxygen atoms in total. The van der Waals surface area contributed by atoms with Crippen LogP contribution in [0.1, 0.15) is 76.5 Å². The third-order valence-corrected chi connectivity index (χ3v) is 9.88. The maximum atomic E-state index is 13.5. The summed E-state index contributed by atoms with van der Waals surface area (Å²) in [5.41, 5.74) is 3.42. The third-order valence-electron chi connectivity index (χ3n) is 9.88. The molecule has 0 aliphatic heterocycles. The minimum absolute atomic E-state index is 0.0937. The summed E-state index contributed by atoms with van der Waals surface area (Å²) in [6.45, 7) is 6.84. The van der Waals surface area contributed by atoms with Crippen LogP contribution in [0.15, 0.2) is 11.8 Å². The molecule has 1 aromatic heterocycles. The number of aromatic nitrogens is 2. The molecule has 0 saturated heterocycles. The number of carbonyl (C=O) groups is 1. The molecule has 0 unspecified atom stereocenters. The Balaban J connectivity index is 1.46. The Bertz CT molecular complexity index is 870. The van der Waals surface area contributed by atoms with Crippen LogP contribution in [0.25, 0.3) is 6.08 Å². The summed E-state index contributed by atoms with van der Waals surface area (Å²) in [6.07, 6.45) is 12.7. The van der Waals surface area contributed by atoms with Crippen molar-refractivity contribution >= 4 is 11.9 Å². The number of allylic oxidation sites excluding steroid dienone is 1. The first-order valence-corrected chi connectivity index (χ1v) is 11.7. The molecule has 4 fully saturated rings. The van der Waals surface area contributed by atoms with Crippen LogP contribution < -0.4 is 0 Å². The van der Waals surface area contributed by atoms with E-state index in [9.17, 15) is 9.90 Å². The van der Waals surface area contributed by atoms with Crippen molar-refractivity contribution in [1.82, 2.24) is 9.78 Å². The molecule has 1 N–H and O–H groups in total. The lowest BCUT2D eigenvalue weighted by atomic mass is 9.45. The van der Waals surface area contributed by atoms with E-state index in [1.165, 1.54) is 19.3 Å². The van der Waals surface area contributed by atoms with Gasteiger partial charge in [-0.15, -0.1) is 0 Å². The molecule has 0 spiro atoms. The maximum absolute atomic E-state index is 13.5. The summed E-state index contributed by atoms with van der Waals surface area (Å²) in [6, 6.07) is 0. The number of aliphatic hydroxyl groups is 1. The predicted octanol–water partition coefficient (Wildman–Crippen LogP) is 4.69. The standard InChI is InChI=1S/C25H36N2O2/c1-15-17(14-26-27(15)4)11-16-12-22-20-6-5-18-13-19(28)7-9-24(18,2)21(20)8-10-25(22,3)23(16)29/h11,14,18-22,28H,5-10,12-13H2,1-4H3/b16-11-/t18-,19+,20+,21-,22-,24-,25-/m0/s1. The van der Waals surface area contributed by atoms with E-state index in [-0.39, 0.29) is 11.5 Å². The Morgan fingerprint density at radius 1 is 1.17 bits per heavy atom. The van der Waals surface area contributed by atoms with Gasteiger partial charge in [-0.3, -0.25) is 9.48 Å². The molecule has 1 heterocycles. The number of nitrogens with zero attached hydrogens (tertiary/aromatic N) is 2. The van der Waals surface area contributed by atoms with Gasteiger partial charge in [0.15, 0.2) is 5.78 Å². The molecule has 0 aromatic carbocycles. The van der Waals surface area contributed by atoms with Crippen molar-refractivity contribution in [3.63, 3.8) is 0 Å². The SMILES string of the molecule is Cc1c(/C=C2/C[C@H]3[C@@H]4CC[C@H]5C[C@H](O)CC[C@]5(C)[C@H]4CC[C@]3(C)C2=O)cnn1C. The van der Waals surface area contributed by atoms with E-state index >= 15 is 0 Å². The minimum Gasteiger partial charge on any atom is -0.393 e. The molecule has 0 radical (unpaired) electrons. The Morgan fingerprint density at radius 2 is 1.97 bits per heavy atom. The van der Waals surface area contributed by atoms with E-state index in [0.29, 0.717) is 29.0 Å². The van der Waals surface area contributed by atoms with Crippen LogP contribution in [-0.2, 0) is 11.8 Å². The normalized spacial score (nSPS) is 45.8. The summed E-state index contributed by atoms with van der Waals surface area (Å²) < 4.78 is 1.89. The fourth-order valence-corrected chi connectivity index (χ4v) is 7.88. The molecular formula is C25H36N2O2. The number of Topliss-reactive ketones (excluding diaryl/α,β-unsaturated/α-hetero) is 1. The van der Waals surface area contributed by atoms with Crippen molar-refractivity contribution in [2.45, 2.75) is 78.2 Å². The van der Waals surface area contributed by atoms with E-state index in [1.54, 1.807) is 0 Å². The largest absolute Gasteiger partial charge is 0.393 e. The van der Waals surface area contributed by atoms with Gasteiger partial charge in [0.1, 0.15) is 0 Å². The highest BCUT2D eigenvalue weighted by Crippen LogP contribution is 2.66. The maximum Gasteiger partial charge on any atom is 0.165 e. The zero-order valence-corrected chi connectivity index (χ0v) is 18.4. The molecule has 0 amide bonds. The first kappa shape index (κ1) is 19.5. The van der Waals surface area contributed by atoms with Gasteiger partial charge in [-0.25, -0.2) is 0 Å². The average Bonchev–Trinajstić information content (AvgIpc) is 3.14. The summed E-state index contributed by atoms with van der Waals surface area (Å²) >= 11 is 0. The van der Waals surface area contributed by atoms with Crippen molar-refractivity contribution in [3.05, 3.63) is 23.0 Å². The average molecular weight is 397 g/mol. The topological polar surface area (TPSA) is 55.1 Å². The number of aryl methyl sites for hydroxylation is 1. The smallest absolute Gasteiger partial charge is 0.165 e. The van der Waals surface area contributed by atoms with Gasteiger partial charge in [-0.05, 0) is 99.0 Å². The Labute approximate surface area is 174 Å². The number of ketones is 1. The third kappa shape index (κ3) is 2.74. The molecule has 1 aromatic rings. The minimum atomic E-state index is -0.180. The molecule has 4 saturated carbocycles. The number of hydrogen-bond donors (Lipinski definition) is 1. The van der Waals surface area contributed by atoms with Gasteiger partial charge in [0.25, 0.3) is 0 Å². The molecule has 4 heteroatoms. The molecule has 158 valence electrons. The van der Waals surface area contributed by atoms with E-state index in [4.69, 9.17) is 0 Å². The highest BCUT2D eigenvalue weighted by molar-refractivity contribution is 6.06. The lowest BCUT2D eigenvalue weighted by Crippen LogP contribution is -2.54.